The summed E-state index contributed by atoms with van der Waals surface area (Å²) in [7, 11) is 9.90. The van der Waals surface area contributed by atoms with Crippen molar-refractivity contribution in [1.29, 1.82) is 0 Å². The van der Waals surface area contributed by atoms with E-state index in [1.54, 1.807) is 35.8 Å². The summed E-state index contributed by atoms with van der Waals surface area (Å²) in [4.78, 5) is 4.20. The molecule has 0 aliphatic carbocycles. The number of rotatable bonds is 11. The molecule has 0 fully saturated rings. The molecule has 0 saturated carbocycles. The largest absolute Gasteiger partial charge is 0.508 e. The SMILES string of the molecule is CC[n+]1c(/C=C/C=C/c2ccc(N(C)C)cc2)sc2cc(O)ccc21.CC[n+]1c(/C=C/C=C/c2ccc(N(C)C)cc2)sc2cc(O[11CH3])ccc21. The fourth-order valence-electron chi connectivity index (χ4n) is 5.58. The van der Waals surface area contributed by atoms with Crippen molar-refractivity contribution in [1.82, 2.24) is 0 Å². The lowest BCUT2D eigenvalue weighted by atomic mass is 10.2. The molecule has 0 saturated heterocycles. The van der Waals surface area contributed by atoms with E-state index in [9.17, 15) is 5.11 Å². The summed E-state index contributed by atoms with van der Waals surface area (Å²) in [6, 6.07) is 28.8. The molecule has 0 amide bonds. The number of hydrogen-bond donors (Lipinski definition) is 1. The number of nitrogens with zero attached hydrogens (tertiary/aromatic N) is 4. The Bertz CT molecular complexity index is 2170. The Labute approximate surface area is 310 Å². The lowest BCUT2D eigenvalue weighted by Gasteiger charge is -2.11. The van der Waals surface area contributed by atoms with Crippen molar-refractivity contribution in [3.8, 4) is 11.5 Å². The van der Waals surface area contributed by atoms with E-state index in [0.717, 1.165) is 29.1 Å². The van der Waals surface area contributed by atoms with Gasteiger partial charge in [0, 0.05) is 76.0 Å². The van der Waals surface area contributed by atoms with Gasteiger partial charge in [0.2, 0.25) is 11.0 Å². The molecule has 6 nitrogen and oxygen atoms in total. The highest BCUT2D eigenvalue weighted by molar-refractivity contribution is 7.19. The molecule has 0 unspecified atom stereocenters. The minimum atomic E-state index is 0.314. The third-order valence-corrected chi connectivity index (χ3v) is 10.6. The zero-order valence-corrected chi connectivity index (χ0v) is 32.2. The van der Waals surface area contributed by atoms with Gasteiger partial charge in [-0.05, 0) is 61.4 Å². The maximum absolute atomic E-state index is 9.66. The molecule has 6 aromatic rings. The van der Waals surface area contributed by atoms with Crippen LogP contribution in [0.4, 0.5) is 11.4 Å². The highest BCUT2D eigenvalue weighted by Gasteiger charge is 2.18. The number of phenolic OH excluding ortho intramolecular Hbond substituents is 1. The first kappa shape index (κ1) is 37.1. The number of phenols is 1. The molecule has 1 N–H and O–H groups in total. The van der Waals surface area contributed by atoms with Crippen LogP contribution in [0.3, 0.4) is 0 Å². The Morgan fingerprint density at radius 3 is 1.45 bits per heavy atom. The smallest absolute Gasteiger partial charge is 0.262 e. The molecule has 0 bridgehead atoms. The van der Waals surface area contributed by atoms with Crippen LogP contribution < -0.4 is 23.7 Å². The monoisotopic (exact) mass is 715 g/mol. The molecule has 0 aliphatic heterocycles. The average Bonchev–Trinajstić information content (AvgIpc) is 3.68. The maximum atomic E-state index is 9.66. The molecule has 2 aromatic heterocycles. The van der Waals surface area contributed by atoms with Gasteiger partial charge in [-0.25, -0.2) is 0 Å². The topological polar surface area (TPSA) is 43.7 Å². The van der Waals surface area contributed by atoms with Gasteiger partial charge in [-0.15, -0.1) is 0 Å². The first-order valence-corrected chi connectivity index (χ1v) is 18.7. The third kappa shape index (κ3) is 9.54. The van der Waals surface area contributed by atoms with E-state index < -0.39 is 0 Å². The van der Waals surface area contributed by atoms with Crippen molar-refractivity contribution in [3.05, 3.63) is 130 Å². The highest BCUT2D eigenvalue weighted by Crippen LogP contribution is 2.27. The zero-order chi connectivity index (χ0) is 36.3. The predicted molar refractivity (Wildman–Crippen MR) is 221 cm³/mol. The molecule has 262 valence electrons. The second-order valence-corrected chi connectivity index (χ2v) is 14.4. The van der Waals surface area contributed by atoms with E-state index in [2.05, 4.69) is 156 Å². The van der Waals surface area contributed by atoms with Crippen molar-refractivity contribution in [2.75, 3.05) is 45.1 Å². The molecular weight excluding hydrogens is 668 g/mol. The van der Waals surface area contributed by atoms with Gasteiger partial charge < -0.3 is 19.6 Å². The second-order valence-electron chi connectivity index (χ2n) is 12.3. The van der Waals surface area contributed by atoms with E-state index in [-0.39, 0.29) is 0 Å². The number of aromatic hydroxyl groups is 1. The number of ether oxygens (including phenoxy) is 1. The number of allylic oxidation sites excluding steroid dienone is 4. The number of hydrogen-bond acceptors (Lipinski definition) is 6. The van der Waals surface area contributed by atoms with Gasteiger partial charge in [-0.2, -0.15) is 9.13 Å². The van der Waals surface area contributed by atoms with Crippen LogP contribution in [-0.4, -0.2) is 40.4 Å². The van der Waals surface area contributed by atoms with Crippen molar-refractivity contribution < 1.29 is 19.0 Å². The van der Waals surface area contributed by atoms with Crippen molar-refractivity contribution >= 4 is 78.8 Å². The van der Waals surface area contributed by atoms with E-state index >= 15 is 0 Å². The zero-order valence-electron chi connectivity index (χ0n) is 30.6. The molecule has 6 rings (SSSR count). The molecular formula is C43H48N4O2S2+2. The number of aryl methyl sites for hydroxylation is 2. The summed E-state index contributed by atoms with van der Waals surface area (Å²) in [5, 5.41) is 12.1. The van der Waals surface area contributed by atoms with Crippen LogP contribution in [0.25, 0.3) is 44.7 Å². The summed E-state index contributed by atoms with van der Waals surface area (Å²) in [5.41, 5.74) is 7.20. The van der Waals surface area contributed by atoms with E-state index in [1.807, 2.05) is 32.3 Å². The minimum Gasteiger partial charge on any atom is -0.508 e. The summed E-state index contributed by atoms with van der Waals surface area (Å²) in [5.74, 6) is 1.21. The number of fused-ring (bicyclic) bond motifs is 2. The molecule has 0 radical (unpaired) electrons. The number of aromatic nitrogens is 2. The molecule has 0 aliphatic rings. The average molecular weight is 716 g/mol. The van der Waals surface area contributed by atoms with Gasteiger partial charge in [0.15, 0.2) is 0 Å². The number of thiazole rings is 2. The number of methoxy groups -OCH3 is 1. The quantitative estimate of drug-likeness (QED) is 0.107. The molecule has 2 heterocycles. The van der Waals surface area contributed by atoms with Gasteiger partial charge in [0.1, 0.15) is 34.0 Å². The summed E-state index contributed by atoms with van der Waals surface area (Å²) in [6.07, 6.45) is 16.8. The van der Waals surface area contributed by atoms with Gasteiger partial charge in [-0.3, -0.25) is 0 Å². The number of benzene rings is 4. The highest BCUT2D eigenvalue weighted by atomic mass is 32.1. The Morgan fingerprint density at radius 2 is 1.02 bits per heavy atom. The predicted octanol–water partition coefficient (Wildman–Crippen LogP) is 9.72. The van der Waals surface area contributed by atoms with Gasteiger partial charge in [0.05, 0.1) is 7.11 Å². The Morgan fingerprint density at radius 1 is 0.588 bits per heavy atom. The number of anilines is 2. The fraction of sp³-hybridized carbons (Fsp3) is 0.209. The van der Waals surface area contributed by atoms with Crippen LogP contribution in [0.2, 0.25) is 0 Å². The molecule has 4 aromatic carbocycles. The third-order valence-electron chi connectivity index (χ3n) is 8.38. The van der Waals surface area contributed by atoms with Gasteiger partial charge in [-0.1, -0.05) is 83.4 Å². The van der Waals surface area contributed by atoms with Crippen LogP contribution in [0.1, 0.15) is 35.0 Å². The minimum absolute atomic E-state index is 0.314. The van der Waals surface area contributed by atoms with Crippen molar-refractivity contribution in [2.24, 2.45) is 0 Å². The van der Waals surface area contributed by atoms with E-state index in [4.69, 9.17) is 4.74 Å². The summed E-state index contributed by atoms with van der Waals surface area (Å²) >= 11 is 3.48. The standard InChI is InChI=1S/C22H25N2OS.C21H22N2OS/c1-5-24-20-15-14-19(25-4)16-21(20)26-22(24)9-7-6-8-17-10-12-18(13-11-17)23(2)3;1-4-23-19-14-13-18(24)15-20(19)25-21(23)8-6-5-7-16-9-11-17(12-10-16)22(2)3/h6-16H,5H2,1-4H3;5-15H,4H2,1-3H3/q+1;/p+1/i4-1;. The Hall–Kier alpha value is -5.18. The lowest BCUT2D eigenvalue weighted by molar-refractivity contribution is -0.665. The normalized spacial score (nSPS) is 11.7. The summed E-state index contributed by atoms with van der Waals surface area (Å²) in [6.45, 7) is 6.16. The fourth-order valence-corrected chi connectivity index (χ4v) is 7.92. The van der Waals surface area contributed by atoms with E-state index in [0.29, 0.717) is 5.75 Å². The first-order chi connectivity index (χ1) is 24.7. The van der Waals surface area contributed by atoms with Gasteiger partial charge in [0.25, 0.3) is 10.0 Å². The van der Waals surface area contributed by atoms with Crippen molar-refractivity contribution in [3.63, 3.8) is 0 Å². The van der Waals surface area contributed by atoms with Crippen LogP contribution >= 0.6 is 22.7 Å². The van der Waals surface area contributed by atoms with Crippen LogP contribution in [-0.2, 0) is 13.1 Å². The first-order valence-electron chi connectivity index (χ1n) is 17.1. The maximum Gasteiger partial charge on any atom is 0.262 e. The molecule has 51 heavy (non-hydrogen) atoms. The Balaban J connectivity index is 0.000000198. The molecule has 0 spiro atoms. The van der Waals surface area contributed by atoms with Crippen LogP contribution in [0.15, 0.2) is 109 Å². The summed E-state index contributed by atoms with van der Waals surface area (Å²) < 4.78 is 12.3. The van der Waals surface area contributed by atoms with Gasteiger partial charge >= 0.3 is 0 Å². The molecule has 0 atom stereocenters. The van der Waals surface area contributed by atoms with Crippen LogP contribution in [0.5, 0.6) is 11.5 Å². The lowest BCUT2D eigenvalue weighted by Crippen LogP contribution is -2.33. The second kappa shape index (κ2) is 17.7. The molecule has 8 heteroatoms. The van der Waals surface area contributed by atoms with E-state index in [1.165, 1.54) is 42.7 Å². The van der Waals surface area contributed by atoms with Crippen molar-refractivity contribution in [2.45, 2.75) is 26.9 Å². The Kier molecular flexibility index (Phi) is 12.8. The van der Waals surface area contributed by atoms with Crippen LogP contribution in [0, 0.1) is 0 Å².